The predicted octanol–water partition coefficient (Wildman–Crippen LogP) is 3.13. The number of alkyl halides is 1. The van der Waals surface area contributed by atoms with Gasteiger partial charge >= 0.3 is 0 Å². The highest BCUT2D eigenvalue weighted by molar-refractivity contribution is 6.17. The Morgan fingerprint density at radius 1 is 1.10 bits per heavy atom. The number of likely N-dealkylation sites (tertiary alicyclic amines) is 2. The highest BCUT2D eigenvalue weighted by atomic mass is 35.5. The van der Waals surface area contributed by atoms with Crippen molar-refractivity contribution in [2.24, 2.45) is 0 Å². The average Bonchev–Trinajstić information content (AvgIpc) is 3.09. The molecule has 2 aliphatic rings. The molecule has 2 aliphatic heterocycles. The number of hydrogen-bond donors (Lipinski definition) is 0. The quantitative estimate of drug-likeness (QED) is 0.801. The van der Waals surface area contributed by atoms with Gasteiger partial charge < -0.3 is 4.90 Å². The molecule has 0 spiro atoms. The van der Waals surface area contributed by atoms with Gasteiger partial charge in [0.2, 0.25) is 0 Å². The summed E-state index contributed by atoms with van der Waals surface area (Å²) in [6.07, 6.45) is 4.97. The lowest BCUT2D eigenvalue weighted by atomic mass is 10.0. The molecule has 1 aromatic carbocycles. The van der Waals surface area contributed by atoms with Gasteiger partial charge in [-0.05, 0) is 56.5 Å². The van der Waals surface area contributed by atoms with Crippen LogP contribution >= 0.6 is 11.6 Å². The fourth-order valence-corrected chi connectivity index (χ4v) is 3.64. The Morgan fingerprint density at radius 2 is 1.81 bits per heavy atom. The monoisotopic (exact) mass is 306 g/mol. The Labute approximate surface area is 131 Å². The molecule has 21 heavy (non-hydrogen) atoms. The summed E-state index contributed by atoms with van der Waals surface area (Å²) in [6, 6.07) is 8.26. The van der Waals surface area contributed by atoms with Crippen LogP contribution in [0.2, 0.25) is 0 Å². The zero-order valence-corrected chi connectivity index (χ0v) is 13.2. The van der Waals surface area contributed by atoms with Gasteiger partial charge in [-0.2, -0.15) is 0 Å². The predicted molar refractivity (Wildman–Crippen MR) is 85.7 cm³/mol. The lowest BCUT2D eigenvalue weighted by Crippen LogP contribution is -2.48. The van der Waals surface area contributed by atoms with E-state index in [2.05, 4.69) is 4.90 Å². The van der Waals surface area contributed by atoms with Crippen LogP contribution in [0.15, 0.2) is 24.3 Å². The number of carbonyl (C=O) groups is 1. The summed E-state index contributed by atoms with van der Waals surface area (Å²) in [7, 11) is 0. The number of amides is 1. The molecule has 2 saturated heterocycles. The summed E-state index contributed by atoms with van der Waals surface area (Å²) >= 11 is 5.80. The average molecular weight is 307 g/mol. The summed E-state index contributed by atoms with van der Waals surface area (Å²) in [4.78, 5) is 17.2. The number of nitrogens with zero attached hydrogens (tertiary/aromatic N) is 2. The molecule has 1 unspecified atom stereocenters. The highest BCUT2D eigenvalue weighted by Gasteiger charge is 2.29. The number of piperidine rings is 1. The third kappa shape index (κ3) is 3.41. The lowest BCUT2D eigenvalue weighted by Gasteiger charge is -2.37. The van der Waals surface area contributed by atoms with Crippen LogP contribution in [0.5, 0.6) is 0 Å². The van der Waals surface area contributed by atoms with E-state index in [0.29, 0.717) is 11.9 Å². The van der Waals surface area contributed by atoms with Crippen molar-refractivity contribution < 1.29 is 4.79 Å². The SMILES string of the molecule is O=C(c1ccc(CCl)cc1)N1CCCC(N2CCCC2)C1. The van der Waals surface area contributed by atoms with Gasteiger partial charge in [0, 0.05) is 30.6 Å². The standard InChI is InChI=1S/C17H23ClN2O/c18-12-14-5-7-15(8-6-14)17(21)20-11-3-4-16(13-20)19-9-1-2-10-19/h5-8,16H,1-4,9-13H2. The second kappa shape index (κ2) is 6.80. The minimum Gasteiger partial charge on any atom is -0.337 e. The normalized spacial score (nSPS) is 23.5. The van der Waals surface area contributed by atoms with E-state index < -0.39 is 0 Å². The largest absolute Gasteiger partial charge is 0.337 e. The topological polar surface area (TPSA) is 23.6 Å². The lowest BCUT2D eigenvalue weighted by molar-refractivity contribution is 0.0608. The van der Waals surface area contributed by atoms with Gasteiger partial charge in [0.15, 0.2) is 0 Å². The fraction of sp³-hybridized carbons (Fsp3) is 0.588. The van der Waals surface area contributed by atoms with Crippen LogP contribution in [0.1, 0.15) is 41.6 Å². The molecule has 1 aromatic rings. The molecule has 0 aromatic heterocycles. The number of rotatable bonds is 3. The van der Waals surface area contributed by atoms with Crippen molar-refractivity contribution in [3.8, 4) is 0 Å². The minimum atomic E-state index is 0.167. The maximum absolute atomic E-state index is 12.6. The first-order valence-corrected chi connectivity index (χ1v) is 8.49. The molecule has 0 saturated carbocycles. The molecule has 4 heteroatoms. The molecule has 3 rings (SSSR count). The van der Waals surface area contributed by atoms with E-state index in [1.807, 2.05) is 29.2 Å². The zero-order valence-electron chi connectivity index (χ0n) is 12.4. The van der Waals surface area contributed by atoms with Gasteiger partial charge in [-0.25, -0.2) is 0 Å². The molecule has 0 aliphatic carbocycles. The van der Waals surface area contributed by atoms with Crippen LogP contribution in [-0.2, 0) is 5.88 Å². The van der Waals surface area contributed by atoms with E-state index in [-0.39, 0.29) is 5.91 Å². The Balaban J connectivity index is 1.65. The van der Waals surface area contributed by atoms with Gasteiger partial charge in [0.05, 0.1) is 0 Å². The van der Waals surface area contributed by atoms with E-state index in [0.717, 1.165) is 30.6 Å². The third-order valence-corrected chi connectivity index (χ3v) is 5.00. The summed E-state index contributed by atoms with van der Waals surface area (Å²) in [5.74, 6) is 0.662. The Bertz CT molecular complexity index is 482. The van der Waals surface area contributed by atoms with Crippen LogP contribution in [0.3, 0.4) is 0 Å². The van der Waals surface area contributed by atoms with Crippen LogP contribution < -0.4 is 0 Å². The molecule has 0 radical (unpaired) electrons. The van der Waals surface area contributed by atoms with Crippen LogP contribution in [0.25, 0.3) is 0 Å². The van der Waals surface area contributed by atoms with E-state index in [4.69, 9.17) is 11.6 Å². The molecule has 3 nitrogen and oxygen atoms in total. The second-order valence-corrected chi connectivity index (χ2v) is 6.39. The van der Waals surface area contributed by atoms with Crippen molar-refractivity contribution in [2.45, 2.75) is 37.6 Å². The van der Waals surface area contributed by atoms with E-state index in [1.165, 1.54) is 32.4 Å². The van der Waals surface area contributed by atoms with E-state index >= 15 is 0 Å². The number of benzene rings is 1. The molecule has 2 fully saturated rings. The van der Waals surface area contributed by atoms with Gasteiger partial charge in [0.25, 0.3) is 5.91 Å². The molecule has 2 heterocycles. The minimum absolute atomic E-state index is 0.167. The summed E-state index contributed by atoms with van der Waals surface area (Å²) in [6.45, 7) is 4.19. The smallest absolute Gasteiger partial charge is 0.253 e. The maximum Gasteiger partial charge on any atom is 0.253 e. The molecule has 1 amide bonds. The summed E-state index contributed by atoms with van der Waals surface area (Å²) in [5, 5.41) is 0. The Hall–Kier alpha value is -1.06. The van der Waals surface area contributed by atoms with Gasteiger partial charge in [-0.1, -0.05) is 12.1 Å². The first-order valence-electron chi connectivity index (χ1n) is 7.96. The van der Waals surface area contributed by atoms with Gasteiger partial charge in [-0.15, -0.1) is 11.6 Å². The second-order valence-electron chi connectivity index (χ2n) is 6.12. The van der Waals surface area contributed by atoms with Crippen LogP contribution in [0.4, 0.5) is 0 Å². The number of halogens is 1. The maximum atomic E-state index is 12.6. The Morgan fingerprint density at radius 3 is 2.48 bits per heavy atom. The van der Waals surface area contributed by atoms with Crippen LogP contribution in [-0.4, -0.2) is 47.9 Å². The summed E-state index contributed by atoms with van der Waals surface area (Å²) in [5.41, 5.74) is 1.84. The molecule has 114 valence electrons. The zero-order chi connectivity index (χ0) is 14.7. The van der Waals surface area contributed by atoms with Crippen molar-refractivity contribution in [1.29, 1.82) is 0 Å². The van der Waals surface area contributed by atoms with Crippen molar-refractivity contribution >= 4 is 17.5 Å². The third-order valence-electron chi connectivity index (χ3n) is 4.70. The Kier molecular flexibility index (Phi) is 4.81. The molecule has 1 atom stereocenters. The first kappa shape index (κ1) is 14.9. The number of hydrogen-bond acceptors (Lipinski definition) is 2. The molecule has 0 bridgehead atoms. The fourth-order valence-electron chi connectivity index (χ4n) is 3.46. The summed E-state index contributed by atoms with van der Waals surface area (Å²) < 4.78 is 0. The van der Waals surface area contributed by atoms with Crippen molar-refractivity contribution in [3.05, 3.63) is 35.4 Å². The van der Waals surface area contributed by atoms with Gasteiger partial charge in [-0.3, -0.25) is 9.69 Å². The molecular formula is C17H23ClN2O. The van der Waals surface area contributed by atoms with Gasteiger partial charge in [0.1, 0.15) is 0 Å². The van der Waals surface area contributed by atoms with Crippen molar-refractivity contribution in [1.82, 2.24) is 9.80 Å². The van der Waals surface area contributed by atoms with E-state index in [9.17, 15) is 4.79 Å². The van der Waals surface area contributed by atoms with Crippen LogP contribution in [0, 0.1) is 0 Å². The molecule has 0 N–H and O–H groups in total. The number of carbonyl (C=O) groups excluding carboxylic acids is 1. The van der Waals surface area contributed by atoms with Crippen molar-refractivity contribution in [3.63, 3.8) is 0 Å². The molecular weight excluding hydrogens is 284 g/mol. The van der Waals surface area contributed by atoms with Crippen molar-refractivity contribution in [2.75, 3.05) is 26.2 Å². The van der Waals surface area contributed by atoms with E-state index in [1.54, 1.807) is 0 Å². The first-order chi connectivity index (χ1) is 10.3. The highest BCUT2D eigenvalue weighted by Crippen LogP contribution is 2.22.